The van der Waals surface area contributed by atoms with Crippen molar-refractivity contribution in [2.24, 2.45) is 0 Å². The van der Waals surface area contributed by atoms with E-state index in [4.69, 9.17) is 16.3 Å². The second-order valence-electron chi connectivity index (χ2n) is 5.98. The summed E-state index contributed by atoms with van der Waals surface area (Å²) in [6, 6.07) is 25.8. The van der Waals surface area contributed by atoms with Crippen molar-refractivity contribution in [3.05, 3.63) is 100 Å². The van der Waals surface area contributed by atoms with Crippen molar-refractivity contribution in [1.29, 1.82) is 0 Å². The molecule has 4 heteroatoms. The topological polar surface area (TPSA) is 26.3 Å². The molecule has 3 aromatic carbocycles. The highest BCUT2D eigenvalue weighted by Gasteiger charge is 2.21. The zero-order valence-corrected chi connectivity index (χ0v) is 16.4. The zero-order chi connectivity index (χ0) is 18.4. The van der Waals surface area contributed by atoms with Gasteiger partial charge in [-0.1, -0.05) is 76.6 Å². The molecule has 0 bridgehead atoms. The van der Waals surface area contributed by atoms with Crippen LogP contribution in [0, 0.1) is 0 Å². The van der Waals surface area contributed by atoms with Gasteiger partial charge in [-0.15, -0.1) is 0 Å². The summed E-state index contributed by atoms with van der Waals surface area (Å²) in [5, 5.41) is -0.368. The third-order valence-electron chi connectivity index (χ3n) is 4.15. The molecule has 0 aromatic heterocycles. The largest absolute Gasteiger partial charge is 0.489 e. The highest BCUT2D eigenvalue weighted by molar-refractivity contribution is 9.10. The van der Waals surface area contributed by atoms with Crippen LogP contribution >= 0.6 is 27.5 Å². The van der Waals surface area contributed by atoms with Crippen molar-refractivity contribution in [2.45, 2.75) is 18.9 Å². The Morgan fingerprint density at radius 3 is 2.27 bits per heavy atom. The molecule has 0 N–H and O–H groups in total. The van der Waals surface area contributed by atoms with Gasteiger partial charge in [-0.05, 0) is 40.9 Å². The van der Waals surface area contributed by atoms with Crippen LogP contribution in [0.3, 0.4) is 0 Å². The van der Waals surface area contributed by atoms with Gasteiger partial charge in [0.05, 0.1) is 0 Å². The fraction of sp³-hybridized carbons (Fsp3) is 0.136. The van der Waals surface area contributed by atoms with Crippen LogP contribution in [0.4, 0.5) is 0 Å². The van der Waals surface area contributed by atoms with Crippen molar-refractivity contribution < 1.29 is 9.53 Å². The lowest BCUT2D eigenvalue weighted by Gasteiger charge is -2.20. The standard InChI is InChI=1S/C22H18BrClO2/c23-18-11-12-21(26-15-16-7-3-1-4-8-16)20(13-18)19(14-22(24)25)17-9-5-2-6-10-17/h1-13,19H,14-15H2/t19-/m0/s1. The maximum atomic E-state index is 11.7. The van der Waals surface area contributed by atoms with Gasteiger partial charge in [0.1, 0.15) is 12.4 Å². The summed E-state index contributed by atoms with van der Waals surface area (Å²) in [4.78, 5) is 11.7. The molecule has 0 spiro atoms. The second kappa shape index (κ2) is 9.02. The van der Waals surface area contributed by atoms with Crippen LogP contribution < -0.4 is 4.74 Å². The number of carbonyl (C=O) groups excluding carboxylic acids is 1. The van der Waals surface area contributed by atoms with E-state index < -0.39 is 0 Å². The lowest BCUT2D eigenvalue weighted by molar-refractivity contribution is -0.111. The van der Waals surface area contributed by atoms with Gasteiger partial charge in [-0.2, -0.15) is 0 Å². The normalized spacial score (nSPS) is 11.8. The molecule has 0 heterocycles. The maximum absolute atomic E-state index is 11.7. The van der Waals surface area contributed by atoms with E-state index >= 15 is 0 Å². The first-order valence-electron chi connectivity index (χ1n) is 8.33. The summed E-state index contributed by atoms with van der Waals surface area (Å²) >= 11 is 9.27. The predicted molar refractivity (Wildman–Crippen MR) is 109 cm³/mol. The van der Waals surface area contributed by atoms with Crippen molar-refractivity contribution in [3.63, 3.8) is 0 Å². The highest BCUT2D eigenvalue weighted by atomic mass is 79.9. The monoisotopic (exact) mass is 428 g/mol. The Hall–Kier alpha value is -2.10. The second-order valence-corrected chi connectivity index (χ2v) is 7.32. The van der Waals surface area contributed by atoms with Crippen molar-refractivity contribution >= 4 is 32.8 Å². The van der Waals surface area contributed by atoms with Crippen molar-refractivity contribution in [2.75, 3.05) is 0 Å². The highest BCUT2D eigenvalue weighted by Crippen LogP contribution is 2.37. The van der Waals surface area contributed by atoms with Gasteiger partial charge in [0.15, 0.2) is 0 Å². The summed E-state index contributed by atoms with van der Waals surface area (Å²) in [6.45, 7) is 0.464. The summed E-state index contributed by atoms with van der Waals surface area (Å²) < 4.78 is 7.02. The fourth-order valence-corrected chi connectivity index (χ4v) is 3.44. The molecule has 132 valence electrons. The molecule has 3 rings (SSSR count). The number of rotatable bonds is 7. The Morgan fingerprint density at radius 2 is 1.62 bits per heavy atom. The van der Waals surface area contributed by atoms with Crippen LogP contribution in [0.25, 0.3) is 0 Å². The Kier molecular flexibility index (Phi) is 6.48. The summed E-state index contributed by atoms with van der Waals surface area (Å²) in [5.41, 5.74) is 3.06. The smallest absolute Gasteiger partial charge is 0.222 e. The molecule has 0 aliphatic heterocycles. The molecule has 26 heavy (non-hydrogen) atoms. The first kappa shape index (κ1) is 18.7. The molecule has 0 saturated carbocycles. The number of hydrogen-bond acceptors (Lipinski definition) is 2. The average Bonchev–Trinajstić information content (AvgIpc) is 2.66. The van der Waals surface area contributed by atoms with Gasteiger partial charge in [0.2, 0.25) is 5.24 Å². The van der Waals surface area contributed by atoms with Crippen LogP contribution in [0.1, 0.15) is 29.0 Å². The number of ether oxygens (including phenoxy) is 1. The van der Waals surface area contributed by atoms with Crippen LogP contribution in [-0.4, -0.2) is 5.24 Å². The Balaban J connectivity index is 1.95. The van der Waals surface area contributed by atoms with E-state index in [2.05, 4.69) is 15.9 Å². The molecular formula is C22H18BrClO2. The van der Waals surface area contributed by atoms with Crippen LogP contribution in [0.5, 0.6) is 5.75 Å². The molecule has 3 aromatic rings. The number of hydrogen-bond donors (Lipinski definition) is 0. The minimum atomic E-state index is -0.368. The fourth-order valence-electron chi connectivity index (χ4n) is 2.91. The molecular weight excluding hydrogens is 412 g/mol. The third-order valence-corrected chi connectivity index (χ3v) is 4.80. The zero-order valence-electron chi connectivity index (χ0n) is 14.1. The minimum absolute atomic E-state index is 0.163. The molecule has 2 nitrogen and oxygen atoms in total. The van der Waals surface area contributed by atoms with E-state index in [0.29, 0.717) is 6.61 Å². The van der Waals surface area contributed by atoms with E-state index in [-0.39, 0.29) is 17.6 Å². The molecule has 0 saturated heterocycles. The Bertz CT molecular complexity index is 866. The molecule has 0 fully saturated rings. The molecule has 0 aliphatic rings. The lowest BCUT2D eigenvalue weighted by atomic mass is 9.88. The van der Waals surface area contributed by atoms with Gasteiger partial charge in [0.25, 0.3) is 0 Å². The van der Waals surface area contributed by atoms with Gasteiger partial charge < -0.3 is 4.74 Å². The number of halogens is 2. The van der Waals surface area contributed by atoms with E-state index in [0.717, 1.165) is 26.9 Å². The van der Waals surface area contributed by atoms with E-state index in [1.54, 1.807) is 0 Å². The Morgan fingerprint density at radius 1 is 0.962 bits per heavy atom. The summed E-state index contributed by atoms with van der Waals surface area (Å²) in [7, 11) is 0. The van der Waals surface area contributed by atoms with E-state index in [1.807, 2.05) is 78.9 Å². The molecule has 0 unspecified atom stereocenters. The maximum Gasteiger partial charge on any atom is 0.222 e. The molecule has 0 radical (unpaired) electrons. The number of carbonyl (C=O) groups is 1. The molecule has 0 aliphatic carbocycles. The van der Waals surface area contributed by atoms with E-state index in [1.165, 1.54) is 0 Å². The molecule has 0 amide bonds. The average molecular weight is 430 g/mol. The van der Waals surface area contributed by atoms with Crippen molar-refractivity contribution in [3.8, 4) is 5.75 Å². The summed E-state index contributed by atoms with van der Waals surface area (Å²) in [5.74, 6) is 0.591. The van der Waals surface area contributed by atoms with Crippen molar-refractivity contribution in [1.82, 2.24) is 0 Å². The van der Waals surface area contributed by atoms with Gasteiger partial charge in [-0.3, -0.25) is 4.79 Å². The minimum Gasteiger partial charge on any atom is -0.489 e. The van der Waals surface area contributed by atoms with Crippen LogP contribution in [0.2, 0.25) is 0 Å². The Labute approximate surface area is 166 Å². The SMILES string of the molecule is O=C(Cl)C[C@@H](c1ccccc1)c1cc(Br)ccc1OCc1ccccc1. The summed E-state index contributed by atoms with van der Waals surface area (Å²) in [6.07, 6.45) is 0.212. The lowest BCUT2D eigenvalue weighted by Crippen LogP contribution is -2.08. The van der Waals surface area contributed by atoms with Gasteiger partial charge in [-0.25, -0.2) is 0 Å². The van der Waals surface area contributed by atoms with Gasteiger partial charge >= 0.3 is 0 Å². The van der Waals surface area contributed by atoms with Crippen LogP contribution in [0.15, 0.2) is 83.3 Å². The van der Waals surface area contributed by atoms with E-state index in [9.17, 15) is 4.79 Å². The quantitative estimate of drug-likeness (QED) is 0.411. The number of benzene rings is 3. The van der Waals surface area contributed by atoms with Gasteiger partial charge in [0, 0.05) is 22.4 Å². The van der Waals surface area contributed by atoms with Crippen LogP contribution in [-0.2, 0) is 11.4 Å². The predicted octanol–water partition coefficient (Wildman–Crippen LogP) is 6.32. The first-order valence-corrected chi connectivity index (χ1v) is 9.50. The first-order chi connectivity index (χ1) is 12.6. The molecule has 1 atom stereocenters. The third kappa shape index (κ3) is 4.96.